The summed E-state index contributed by atoms with van der Waals surface area (Å²) in [4.78, 5) is 0. The Labute approximate surface area is 85.7 Å². The molecule has 2 rings (SSSR count). The highest BCUT2D eigenvalue weighted by atomic mass is 35.5. The van der Waals surface area contributed by atoms with E-state index in [4.69, 9.17) is 21.8 Å². The number of nitrogens with zero attached hydrogens (tertiary/aromatic N) is 2. The van der Waals surface area contributed by atoms with Crippen molar-refractivity contribution in [3.8, 4) is 11.5 Å². The molecule has 0 spiro atoms. The van der Waals surface area contributed by atoms with E-state index in [1.807, 2.05) is 19.1 Å². The van der Waals surface area contributed by atoms with Gasteiger partial charge in [-0.1, -0.05) is 16.7 Å². The van der Waals surface area contributed by atoms with Crippen LogP contribution in [0.5, 0.6) is 0 Å². The van der Waals surface area contributed by atoms with Crippen LogP contribution in [0.4, 0.5) is 6.01 Å². The number of anilines is 1. The third kappa shape index (κ3) is 1.70. The lowest BCUT2D eigenvalue weighted by Gasteiger charge is -1.98. The monoisotopic (exact) mass is 209 g/mol. The minimum Gasteiger partial charge on any atom is -0.404 e. The van der Waals surface area contributed by atoms with Crippen LogP contribution in [0.25, 0.3) is 11.5 Å². The maximum Gasteiger partial charge on any atom is 0.313 e. The summed E-state index contributed by atoms with van der Waals surface area (Å²) in [7, 11) is 0. The van der Waals surface area contributed by atoms with Crippen molar-refractivity contribution in [2.45, 2.75) is 6.92 Å². The molecule has 1 aromatic carbocycles. The van der Waals surface area contributed by atoms with Gasteiger partial charge in [0.05, 0.1) is 0 Å². The number of rotatable bonds is 1. The molecule has 5 heteroatoms. The van der Waals surface area contributed by atoms with Gasteiger partial charge in [0.25, 0.3) is 0 Å². The van der Waals surface area contributed by atoms with Crippen molar-refractivity contribution in [3.63, 3.8) is 0 Å². The average Bonchev–Trinajstić information content (AvgIpc) is 2.50. The highest BCUT2D eigenvalue weighted by Gasteiger charge is 2.07. The number of aryl methyl sites for hydroxylation is 1. The molecule has 0 aliphatic carbocycles. The number of nitrogen functional groups attached to an aromatic ring is 1. The third-order valence-corrected chi connectivity index (χ3v) is 1.95. The molecule has 0 aliphatic heterocycles. The highest BCUT2D eigenvalue weighted by Crippen LogP contribution is 2.23. The first-order chi connectivity index (χ1) is 6.65. The van der Waals surface area contributed by atoms with Gasteiger partial charge in [0.2, 0.25) is 5.89 Å². The summed E-state index contributed by atoms with van der Waals surface area (Å²) < 4.78 is 5.08. The van der Waals surface area contributed by atoms with E-state index in [0.717, 1.165) is 11.1 Å². The smallest absolute Gasteiger partial charge is 0.313 e. The molecule has 0 atom stereocenters. The number of hydrogen-bond acceptors (Lipinski definition) is 4. The Hall–Kier alpha value is -1.55. The van der Waals surface area contributed by atoms with Crippen LogP contribution < -0.4 is 5.73 Å². The van der Waals surface area contributed by atoms with Crippen molar-refractivity contribution in [2.24, 2.45) is 0 Å². The standard InChI is InChI=1S/C9H8ClN3O/c1-5-2-6(4-7(10)3-5)8-12-13-9(11)14-8/h2-4H,1H3,(H2,11,13). The maximum atomic E-state index is 5.89. The molecule has 14 heavy (non-hydrogen) atoms. The number of benzene rings is 1. The van der Waals surface area contributed by atoms with Gasteiger partial charge in [-0.3, -0.25) is 0 Å². The molecule has 72 valence electrons. The highest BCUT2D eigenvalue weighted by molar-refractivity contribution is 6.30. The predicted octanol–water partition coefficient (Wildman–Crippen LogP) is 2.28. The lowest BCUT2D eigenvalue weighted by atomic mass is 10.1. The van der Waals surface area contributed by atoms with E-state index in [0.29, 0.717) is 10.9 Å². The fourth-order valence-corrected chi connectivity index (χ4v) is 1.50. The van der Waals surface area contributed by atoms with E-state index in [2.05, 4.69) is 10.2 Å². The Morgan fingerprint density at radius 1 is 1.29 bits per heavy atom. The minimum atomic E-state index is 0.0534. The fourth-order valence-electron chi connectivity index (χ4n) is 1.21. The Morgan fingerprint density at radius 2 is 2.07 bits per heavy atom. The minimum absolute atomic E-state index is 0.0534. The SMILES string of the molecule is Cc1cc(Cl)cc(-c2nnc(N)o2)c1. The topological polar surface area (TPSA) is 64.9 Å². The van der Waals surface area contributed by atoms with E-state index in [9.17, 15) is 0 Å². The zero-order valence-electron chi connectivity index (χ0n) is 7.49. The first-order valence-corrected chi connectivity index (χ1v) is 4.39. The van der Waals surface area contributed by atoms with Crippen LogP contribution in [0.3, 0.4) is 0 Å². The van der Waals surface area contributed by atoms with Crippen LogP contribution in [0.15, 0.2) is 22.6 Å². The van der Waals surface area contributed by atoms with E-state index in [1.165, 1.54) is 0 Å². The van der Waals surface area contributed by atoms with Crippen molar-refractivity contribution in [1.29, 1.82) is 0 Å². The summed E-state index contributed by atoms with van der Waals surface area (Å²) in [6, 6.07) is 5.56. The number of hydrogen-bond donors (Lipinski definition) is 1. The Kier molecular flexibility index (Phi) is 2.13. The van der Waals surface area contributed by atoms with Crippen LogP contribution in [0.1, 0.15) is 5.56 Å². The second-order valence-corrected chi connectivity index (χ2v) is 3.40. The van der Waals surface area contributed by atoms with E-state index in [-0.39, 0.29) is 6.01 Å². The summed E-state index contributed by atoms with van der Waals surface area (Å²) >= 11 is 5.89. The van der Waals surface area contributed by atoms with Gasteiger partial charge in [0.1, 0.15) is 0 Å². The molecule has 0 amide bonds. The van der Waals surface area contributed by atoms with Crippen LogP contribution in [0, 0.1) is 6.92 Å². The molecular formula is C9H8ClN3O. The van der Waals surface area contributed by atoms with E-state index >= 15 is 0 Å². The van der Waals surface area contributed by atoms with Crippen molar-refractivity contribution < 1.29 is 4.42 Å². The van der Waals surface area contributed by atoms with Gasteiger partial charge in [-0.25, -0.2) is 0 Å². The quantitative estimate of drug-likeness (QED) is 0.783. The van der Waals surface area contributed by atoms with Crippen LogP contribution >= 0.6 is 11.6 Å². The molecule has 0 radical (unpaired) electrons. The molecule has 1 heterocycles. The van der Waals surface area contributed by atoms with Gasteiger partial charge in [-0.2, -0.15) is 0 Å². The van der Waals surface area contributed by atoms with Gasteiger partial charge < -0.3 is 10.2 Å². The van der Waals surface area contributed by atoms with Gasteiger partial charge in [0.15, 0.2) is 0 Å². The summed E-state index contributed by atoms with van der Waals surface area (Å²) in [5.41, 5.74) is 7.13. The van der Waals surface area contributed by atoms with Crippen molar-refractivity contribution in [1.82, 2.24) is 10.2 Å². The van der Waals surface area contributed by atoms with Crippen molar-refractivity contribution in [2.75, 3.05) is 5.73 Å². The molecule has 0 bridgehead atoms. The molecule has 2 aromatic rings. The number of aromatic nitrogens is 2. The molecule has 0 unspecified atom stereocenters. The zero-order chi connectivity index (χ0) is 10.1. The molecule has 0 aliphatic rings. The van der Waals surface area contributed by atoms with Crippen LogP contribution in [-0.4, -0.2) is 10.2 Å². The van der Waals surface area contributed by atoms with Gasteiger partial charge in [-0.05, 0) is 30.7 Å². The van der Waals surface area contributed by atoms with Crippen molar-refractivity contribution in [3.05, 3.63) is 28.8 Å². The Morgan fingerprint density at radius 3 is 2.64 bits per heavy atom. The molecule has 0 fully saturated rings. The Balaban J connectivity index is 2.51. The first kappa shape index (κ1) is 9.02. The number of halogens is 1. The first-order valence-electron chi connectivity index (χ1n) is 4.02. The van der Waals surface area contributed by atoms with E-state index in [1.54, 1.807) is 6.07 Å². The zero-order valence-corrected chi connectivity index (χ0v) is 8.25. The lowest BCUT2D eigenvalue weighted by molar-refractivity contribution is 0.590. The van der Waals surface area contributed by atoms with Crippen molar-refractivity contribution >= 4 is 17.6 Å². The summed E-state index contributed by atoms with van der Waals surface area (Å²) in [6.45, 7) is 1.94. The third-order valence-electron chi connectivity index (χ3n) is 1.73. The van der Waals surface area contributed by atoms with Gasteiger partial charge in [-0.15, -0.1) is 5.10 Å². The summed E-state index contributed by atoms with van der Waals surface area (Å²) in [5, 5.41) is 7.97. The predicted molar refractivity (Wildman–Crippen MR) is 53.9 cm³/mol. The molecule has 1 aromatic heterocycles. The van der Waals surface area contributed by atoms with Crippen LogP contribution in [0.2, 0.25) is 5.02 Å². The van der Waals surface area contributed by atoms with Crippen LogP contribution in [-0.2, 0) is 0 Å². The molecular weight excluding hydrogens is 202 g/mol. The summed E-state index contributed by atoms with van der Waals surface area (Å²) in [6.07, 6.45) is 0. The van der Waals surface area contributed by atoms with Gasteiger partial charge in [0, 0.05) is 10.6 Å². The lowest BCUT2D eigenvalue weighted by Crippen LogP contribution is -1.81. The maximum absolute atomic E-state index is 5.89. The average molecular weight is 210 g/mol. The number of nitrogens with two attached hydrogens (primary N) is 1. The molecule has 0 saturated carbocycles. The molecule has 4 nitrogen and oxygen atoms in total. The fraction of sp³-hybridized carbons (Fsp3) is 0.111. The second kappa shape index (κ2) is 3.31. The molecule has 2 N–H and O–H groups in total. The van der Waals surface area contributed by atoms with E-state index < -0.39 is 0 Å². The largest absolute Gasteiger partial charge is 0.404 e. The Bertz CT molecular complexity index is 447. The molecule has 0 saturated heterocycles. The second-order valence-electron chi connectivity index (χ2n) is 2.96. The summed E-state index contributed by atoms with van der Waals surface area (Å²) in [5.74, 6) is 0.383. The normalized spacial score (nSPS) is 10.4. The van der Waals surface area contributed by atoms with Gasteiger partial charge >= 0.3 is 6.01 Å².